The Hall–Kier alpha value is -2.54. The molecular formula is C19H21N5OS. The number of carbonyl (C=O) groups is 1. The second-order valence-corrected chi connectivity index (χ2v) is 7.97. The summed E-state index contributed by atoms with van der Waals surface area (Å²) in [7, 11) is 0. The molecular weight excluding hydrogens is 346 g/mol. The molecule has 134 valence electrons. The van der Waals surface area contributed by atoms with Gasteiger partial charge in [0, 0.05) is 35.9 Å². The highest BCUT2D eigenvalue weighted by Crippen LogP contribution is 2.37. The molecule has 0 spiro atoms. The predicted octanol–water partition coefficient (Wildman–Crippen LogP) is 3.07. The van der Waals surface area contributed by atoms with Crippen molar-refractivity contribution in [3.8, 4) is 11.4 Å². The molecule has 0 saturated carbocycles. The Morgan fingerprint density at radius 1 is 1.35 bits per heavy atom. The van der Waals surface area contributed by atoms with Gasteiger partial charge in [-0.25, -0.2) is 9.97 Å². The average Bonchev–Trinajstić information content (AvgIpc) is 2.96. The van der Waals surface area contributed by atoms with Gasteiger partial charge in [-0.3, -0.25) is 9.78 Å². The lowest BCUT2D eigenvalue weighted by Gasteiger charge is -2.32. The number of anilines is 1. The Morgan fingerprint density at radius 3 is 2.92 bits per heavy atom. The van der Waals surface area contributed by atoms with Crippen molar-refractivity contribution >= 4 is 33.3 Å². The van der Waals surface area contributed by atoms with E-state index in [1.807, 2.05) is 12.1 Å². The van der Waals surface area contributed by atoms with Crippen LogP contribution in [0, 0.1) is 19.8 Å². The highest BCUT2D eigenvalue weighted by molar-refractivity contribution is 7.18. The summed E-state index contributed by atoms with van der Waals surface area (Å²) < 4.78 is 0. The number of pyridine rings is 1. The van der Waals surface area contributed by atoms with Crippen LogP contribution >= 0.6 is 11.3 Å². The van der Waals surface area contributed by atoms with Gasteiger partial charge in [-0.15, -0.1) is 11.3 Å². The van der Waals surface area contributed by atoms with Gasteiger partial charge in [-0.1, -0.05) is 0 Å². The van der Waals surface area contributed by atoms with E-state index in [0.29, 0.717) is 12.4 Å². The highest BCUT2D eigenvalue weighted by atomic mass is 32.1. The summed E-state index contributed by atoms with van der Waals surface area (Å²) in [5, 5.41) is 1.09. The first-order valence-corrected chi connectivity index (χ1v) is 9.58. The SMILES string of the molecule is Cc1sc2nc(-c3cccnc3)nc(N3CCCC(C(N)=O)C3)c2c1C. The van der Waals surface area contributed by atoms with Crippen LogP contribution in [0.25, 0.3) is 21.6 Å². The van der Waals surface area contributed by atoms with Crippen molar-refractivity contribution in [2.75, 3.05) is 18.0 Å². The molecule has 1 aliphatic heterocycles. The number of hydrogen-bond acceptors (Lipinski definition) is 6. The number of aryl methyl sites for hydroxylation is 2. The third kappa shape index (κ3) is 2.92. The number of carbonyl (C=O) groups excluding carboxylic acids is 1. The monoisotopic (exact) mass is 367 g/mol. The number of primary amides is 1. The molecule has 26 heavy (non-hydrogen) atoms. The topological polar surface area (TPSA) is 85.0 Å². The van der Waals surface area contributed by atoms with Gasteiger partial charge in [0.05, 0.1) is 11.3 Å². The number of amides is 1. The van der Waals surface area contributed by atoms with Gasteiger partial charge in [0.2, 0.25) is 5.91 Å². The van der Waals surface area contributed by atoms with Crippen LogP contribution in [0.2, 0.25) is 0 Å². The number of nitrogens with zero attached hydrogens (tertiary/aromatic N) is 4. The van der Waals surface area contributed by atoms with Gasteiger partial charge in [-0.05, 0) is 44.4 Å². The third-order valence-corrected chi connectivity index (χ3v) is 6.15. The van der Waals surface area contributed by atoms with E-state index in [2.05, 4.69) is 23.7 Å². The quantitative estimate of drug-likeness (QED) is 0.769. The zero-order valence-electron chi connectivity index (χ0n) is 14.9. The molecule has 1 aliphatic rings. The van der Waals surface area contributed by atoms with Crippen molar-refractivity contribution < 1.29 is 4.79 Å². The number of thiophene rings is 1. The van der Waals surface area contributed by atoms with Gasteiger partial charge >= 0.3 is 0 Å². The number of piperidine rings is 1. The largest absolute Gasteiger partial charge is 0.369 e. The summed E-state index contributed by atoms with van der Waals surface area (Å²) >= 11 is 1.68. The predicted molar refractivity (Wildman–Crippen MR) is 104 cm³/mol. The first kappa shape index (κ1) is 16.9. The molecule has 1 amide bonds. The van der Waals surface area contributed by atoms with Crippen molar-refractivity contribution in [2.24, 2.45) is 11.7 Å². The van der Waals surface area contributed by atoms with Crippen LogP contribution in [-0.2, 0) is 4.79 Å². The lowest BCUT2D eigenvalue weighted by Crippen LogP contribution is -2.41. The van der Waals surface area contributed by atoms with Gasteiger partial charge in [0.1, 0.15) is 10.6 Å². The Balaban J connectivity index is 1.87. The smallest absolute Gasteiger partial charge is 0.222 e. The number of hydrogen-bond donors (Lipinski definition) is 1. The summed E-state index contributed by atoms with van der Waals surface area (Å²) in [6.45, 7) is 5.71. The van der Waals surface area contributed by atoms with Crippen LogP contribution in [0.15, 0.2) is 24.5 Å². The number of nitrogens with two attached hydrogens (primary N) is 1. The fourth-order valence-corrected chi connectivity index (χ4v) is 4.51. The summed E-state index contributed by atoms with van der Waals surface area (Å²) in [5.74, 6) is 1.21. The summed E-state index contributed by atoms with van der Waals surface area (Å²) in [6.07, 6.45) is 5.30. The van der Waals surface area contributed by atoms with E-state index in [9.17, 15) is 4.79 Å². The van der Waals surface area contributed by atoms with Crippen LogP contribution in [0.5, 0.6) is 0 Å². The van der Waals surface area contributed by atoms with Crippen molar-refractivity contribution in [3.05, 3.63) is 35.0 Å². The molecule has 0 aromatic carbocycles. The van der Waals surface area contributed by atoms with Crippen molar-refractivity contribution in [3.63, 3.8) is 0 Å². The van der Waals surface area contributed by atoms with E-state index in [4.69, 9.17) is 15.7 Å². The molecule has 6 nitrogen and oxygen atoms in total. The van der Waals surface area contributed by atoms with E-state index in [1.54, 1.807) is 23.7 Å². The number of rotatable bonds is 3. The highest BCUT2D eigenvalue weighted by Gasteiger charge is 2.27. The Morgan fingerprint density at radius 2 is 2.19 bits per heavy atom. The van der Waals surface area contributed by atoms with E-state index < -0.39 is 0 Å². The van der Waals surface area contributed by atoms with Crippen molar-refractivity contribution in [2.45, 2.75) is 26.7 Å². The van der Waals surface area contributed by atoms with Crippen LogP contribution in [0.3, 0.4) is 0 Å². The minimum absolute atomic E-state index is 0.129. The molecule has 1 atom stereocenters. The average molecular weight is 367 g/mol. The molecule has 0 bridgehead atoms. The maximum atomic E-state index is 11.7. The molecule has 3 aromatic heterocycles. The summed E-state index contributed by atoms with van der Waals surface area (Å²) in [5.41, 5.74) is 7.67. The zero-order valence-corrected chi connectivity index (χ0v) is 15.7. The van der Waals surface area contributed by atoms with E-state index >= 15 is 0 Å². The molecule has 1 saturated heterocycles. The van der Waals surface area contributed by atoms with E-state index in [1.165, 1.54) is 10.4 Å². The lowest BCUT2D eigenvalue weighted by molar-refractivity contribution is -0.122. The van der Waals surface area contributed by atoms with Gasteiger partial charge in [0.15, 0.2) is 5.82 Å². The first-order valence-electron chi connectivity index (χ1n) is 8.77. The third-order valence-electron chi connectivity index (χ3n) is 5.05. The molecule has 7 heteroatoms. The van der Waals surface area contributed by atoms with Crippen LogP contribution in [0.4, 0.5) is 5.82 Å². The summed E-state index contributed by atoms with van der Waals surface area (Å²) in [4.78, 5) is 30.0. The zero-order chi connectivity index (χ0) is 18.3. The molecule has 1 unspecified atom stereocenters. The van der Waals surface area contributed by atoms with E-state index in [0.717, 1.165) is 41.0 Å². The maximum Gasteiger partial charge on any atom is 0.222 e. The normalized spacial score (nSPS) is 17.6. The Labute approximate surface area is 156 Å². The van der Waals surface area contributed by atoms with Gasteiger partial charge < -0.3 is 10.6 Å². The van der Waals surface area contributed by atoms with E-state index in [-0.39, 0.29) is 11.8 Å². The fourth-order valence-electron chi connectivity index (χ4n) is 3.48. The Bertz CT molecular complexity index is 969. The lowest BCUT2D eigenvalue weighted by atomic mass is 9.97. The number of aromatic nitrogens is 3. The molecule has 2 N–H and O–H groups in total. The number of fused-ring (bicyclic) bond motifs is 1. The minimum Gasteiger partial charge on any atom is -0.369 e. The second kappa shape index (κ2) is 6.64. The van der Waals surface area contributed by atoms with Crippen molar-refractivity contribution in [1.29, 1.82) is 0 Å². The fraction of sp³-hybridized carbons (Fsp3) is 0.368. The minimum atomic E-state index is -0.231. The maximum absolute atomic E-state index is 11.7. The van der Waals surface area contributed by atoms with Crippen LogP contribution < -0.4 is 10.6 Å². The molecule has 0 aliphatic carbocycles. The summed E-state index contributed by atoms with van der Waals surface area (Å²) in [6, 6.07) is 3.85. The first-order chi connectivity index (χ1) is 12.5. The van der Waals surface area contributed by atoms with Crippen LogP contribution in [0.1, 0.15) is 23.3 Å². The van der Waals surface area contributed by atoms with Gasteiger partial charge in [0.25, 0.3) is 0 Å². The standard InChI is InChI=1S/C19H21N5OS/c1-11-12(2)26-19-15(11)18(24-8-4-6-14(10-24)16(20)25)22-17(23-19)13-5-3-7-21-9-13/h3,5,7,9,14H,4,6,8,10H2,1-2H3,(H2,20,25). The van der Waals surface area contributed by atoms with Gasteiger partial charge in [-0.2, -0.15) is 0 Å². The van der Waals surface area contributed by atoms with Crippen molar-refractivity contribution in [1.82, 2.24) is 15.0 Å². The second-order valence-electron chi connectivity index (χ2n) is 6.76. The molecule has 3 aromatic rings. The molecule has 4 rings (SSSR count). The Kier molecular flexibility index (Phi) is 4.32. The van der Waals surface area contributed by atoms with Crippen LogP contribution in [-0.4, -0.2) is 33.9 Å². The molecule has 4 heterocycles. The molecule has 1 fully saturated rings. The molecule has 0 radical (unpaired) electrons.